The number of anilines is 1. The van der Waals surface area contributed by atoms with Gasteiger partial charge in [0.25, 0.3) is 5.91 Å². The summed E-state index contributed by atoms with van der Waals surface area (Å²) >= 11 is 5.45. The molecular weight excluding hydrogens is 484 g/mol. The van der Waals surface area contributed by atoms with Crippen molar-refractivity contribution >= 4 is 35.0 Å². The fraction of sp³-hybridized carbons (Fsp3) is 0.267. The standard InChI is InChI=1S/C30H32N2O4S/c1-6-35-24-14-10-23(11-15-24)32-28(33)26(31-29(32)37)18-20-7-16-27(34-5)21(17-20)19-36-25-12-8-22(9-13-25)30(2,3)4/h7-18H,6,19H2,1-5H3,(H,31,37)/b26-18+. The molecule has 37 heavy (non-hydrogen) atoms. The van der Waals surface area contributed by atoms with Gasteiger partial charge in [0, 0.05) is 5.56 Å². The molecule has 0 aromatic heterocycles. The van der Waals surface area contributed by atoms with Gasteiger partial charge in [0.15, 0.2) is 5.11 Å². The number of thiocarbonyl (C=S) groups is 1. The van der Waals surface area contributed by atoms with E-state index in [-0.39, 0.29) is 11.3 Å². The molecule has 0 aliphatic carbocycles. The number of carbonyl (C=O) groups is 1. The summed E-state index contributed by atoms with van der Waals surface area (Å²) in [4.78, 5) is 14.7. The Hall–Kier alpha value is -3.84. The van der Waals surface area contributed by atoms with Crippen LogP contribution in [0.3, 0.4) is 0 Å². The largest absolute Gasteiger partial charge is 0.496 e. The lowest BCUT2D eigenvalue weighted by Gasteiger charge is -2.19. The molecule has 1 saturated heterocycles. The molecule has 0 atom stereocenters. The van der Waals surface area contributed by atoms with Gasteiger partial charge in [-0.25, -0.2) is 0 Å². The topological polar surface area (TPSA) is 60.0 Å². The third-order valence-electron chi connectivity index (χ3n) is 6.01. The second-order valence-corrected chi connectivity index (χ2v) is 10.1. The molecular formula is C30H32N2O4S. The molecule has 1 fully saturated rings. The number of nitrogens with one attached hydrogen (secondary N) is 1. The van der Waals surface area contributed by atoms with E-state index in [2.05, 4.69) is 38.2 Å². The summed E-state index contributed by atoms with van der Waals surface area (Å²) in [6.07, 6.45) is 1.78. The van der Waals surface area contributed by atoms with Gasteiger partial charge in [-0.15, -0.1) is 0 Å². The van der Waals surface area contributed by atoms with Gasteiger partial charge < -0.3 is 19.5 Å². The van der Waals surface area contributed by atoms with Crippen molar-refractivity contribution in [3.05, 3.63) is 89.1 Å². The Kier molecular flexibility index (Phi) is 7.83. The maximum absolute atomic E-state index is 13.2. The van der Waals surface area contributed by atoms with E-state index in [0.29, 0.717) is 35.5 Å². The van der Waals surface area contributed by atoms with E-state index in [1.807, 2.05) is 61.5 Å². The predicted octanol–water partition coefficient (Wildman–Crippen LogP) is 6.23. The van der Waals surface area contributed by atoms with Crippen molar-refractivity contribution in [3.8, 4) is 17.2 Å². The molecule has 6 nitrogen and oxygen atoms in total. The van der Waals surface area contributed by atoms with Crippen molar-refractivity contribution in [2.24, 2.45) is 0 Å². The van der Waals surface area contributed by atoms with Crippen LogP contribution >= 0.6 is 12.2 Å². The monoisotopic (exact) mass is 516 g/mol. The summed E-state index contributed by atoms with van der Waals surface area (Å²) in [5.41, 5.74) is 4.10. The zero-order valence-corrected chi connectivity index (χ0v) is 22.6. The molecule has 3 aromatic carbocycles. The lowest BCUT2D eigenvalue weighted by atomic mass is 9.87. The van der Waals surface area contributed by atoms with E-state index in [1.165, 1.54) is 10.5 Å². The molecule has 1 N–H and O–H groups in total. The number of methoxy groups -OCH3 is 1. The summed E-state index contributed by atoms with van der Waals surface area (Å²) in [7, 11) is 1.63. The Balaban J connectivity index is 1.51. The first-order chi connectivity index (χ1) is 17.7. The van der Waals surface area contributed by atoms with E-state index in [4.69, 9.17) is 26.4 Å². The first-order valence-corrected chi connectivity index (χ1v) is 12.6. The minimum Gasteiger partial charge on any atom is -0.496 e. The zero-order chi connectivity index (χ0) is 26.6. The molecule has 7 heteroatoms. The van der Waals surface area contributed by atoms with Crippen LogP contribution in [0.5, 0.6) is 17.2 Å². The molecule has 1 aliphatic rings. The van der Waals surface area contributed by atoms with Gasteiger partial charge in [-0.2, -0.15) is 0 Å². The van der Waals surface area contributed by atoms with Crippen LogP contribution in [0.1, 0.15) is 44.4 Å². The fourth-order valence-electron chi connectivity index (χ4n) is 4.01. The molecule has 1 amide bonds. The normalized spacial score (nSPS) is 14.6. The third-order valence-corrected chi connectivity index (χ3v) is 6.30. The van der Waals surface area contributed by atoms with Gasteiger partial charge in [-0.1, -0.05) is 39.0 Å². The van der Waals surface area contributed by atoms with Gasteiger partial charge >= 0.3 is 0 Å². The van der Waals surface area contributed by atoms with E-state index in [0.717, 1.165) is 22.6 Å². The lowest BCUT2D eigenvalue weighted by Crippen LogP contribution is -2.30. The van der Waals surface area contributed by atoms with Crippen LogP contribution in [-0.4, -0.2) is 24.7 Å². The van der Waals surface area contributed by atoms with Crippen molar-refractivity contribution in [3.63, 3.8) is 0 Å². The Morgan fingerprint density at radius 1 is 0.946 bits per heavy atom. The number of benzene rings is 3. The summed E-state index contributed by atoms with van der Waals surface area (Å²) < 4.78 is 17.1. The summed E-state index contributed by atoms with van der Waals surface area (Å²) in [5.74, 6) is 2.01. The molecule has 1 heterocycles. The minimum absolute atomic E-state index is 0.0834. The predicted molar refractivity (Wildman–Crippen MR) is 151 cm³/mol. The maximum Gasteiger partial charge on any atom is 0.281 e. The number of nitrogens with zero attached hydrogens (tertiary/aromatic N) is 1. The Morgan fingerprint density at radius 2 is 1.59 bits per heavy atom. The van der Waals surface area contributed by atoms with Crippen molar-refractivity contribution in [1.29, 1.82) is 0 Å². The van der Waals surface area contributed by atoms with Crippen LogP contribution in [0, 0.1) is 0 Å². The highest BCUT2D eigenvalue weighted by Gasteiger charge is 2.32. The number of ether oxygens (including phenoxy) is 3. The SMILES string of the molecule is CCOc1ccc(N2C(=O)/C(=C\c3ccc(OC)c(COc4ccc(C(C)(C)C)cc4)c3)NC2=S)cc1. The second kappa shape index (κ2) is 11.0. The Bertz CT molecular complexity index is 1310. The summed E-state index contributed by atoms with van der Waals surface area (Å²) in [5, 5.41) is 3.37. The highest BCUT2D eigenvalue weighted by atomic mass is 32.1. The second-order valence-electron chi connectivity index (χ2n) is 9.69. The Labute approximate surface area is 223 Å². The average Bonchev–Trinajstić information content (AvgIpc) is 3.15. The van der Waals surface area contributed by atoms with Crippen molar-refractivity contribution in [2.75, 3.05) is 18.6 Å². The fourth-order valence-corrected chi connectivity index (χ4v) is 4.31. The van der Waals surface area contributed by atoms with Crippen molar-refractivity contribution < 1.29 is 19.0 Å². The first kappa shape index (κ1) is 26.2. The number of amides is 1. The molecule has 0 spiro atoms. The van der Waals surface area contributed by atoms with Crippen molar-refractivity contribution in [2.45, 2.75) is 39.7 Å². The number of hydrogen-bond donors (Lipinski definition) is 1. The van der Waals surface area contributed by atoms with Gasteiger partial charge in [0.2, 0.25) is 0 Å². The molecule has 0 unspecified atom stereocenters. The van der Waals surface area contributed by atoms with Gasteiger partial charge in [0.1, 0.15) is 29.6 Å². The highest BCUT2D eigenvalue weighted by molar-refractivity contribution is 7.80. The van der Waals surface area contributed by atoms with E-state index < -0.39 is 0 Å². The van der Waals surface area contributed by atoms with Crippen LogP contribution in [0.4, 0.5) is 5.69 Å². The first-order valence-electron chi connectivity index (χ1n) is 12.2. The zero-order valence-electron chi connectivity index (χ0n) is 21.8. The van der Waals surface area contributed by atoms with Gasteiger partial charge in [-0.3, -0.25) is 9.69 Å². The maximum atomic E-state index is 13.2. The lowest BCUT2D eigenvalue weighted by molar-refractivity contribution is -0.113. The van der Waals surface area contributed by atoms with Gasteiger partial charge in [-0.05, 0) is 90.3 Å². The van der Waals surface area contributed by atoms with Crippen LogP contribution in [0.15, 0.2) is 72.4 Å². The Morgan fingerprint density at radius 3 is 2.22 bits per heavy atom. The number of hydrogen-bond acceptors (Lipinski definition) is 5. The van der Waals surface area contributed by atoms with Crippen LogP contribution in [0.25, 0.3) is 6.08 Å². The molecule has 1 aliphatic heterocycles. The number of carbonyl (C=O) groups excluding carboxylic acids is 1. The molecule has 0 bridgehead atoms. The quantitative estimate of drug-likeness (QED) is 0.283. The van der Waals surface area contributed by atoms with Crippen LogP contribution in [-0.2, 0) is 16.8 Å². The summed E-state index contributed by atoms with van der Waals surface area (Å²) in [6, 6.07) is 21.1. The molecule has 192 valence electrons. The molecule has 0 saturated carbocycles. The van der Waals surface area contributed by atoms with Gasteiger partial charge in [0.05, 0.1) is 19.4 Å². The molecule has 0 radical (unpaired) electrons. The number of rotatable bonds is 8. The summed E-state index contributed by atoms with van der Waals surface area (Å²) in [6.45, 7) is 9.38. The van der Waals surface area contributed by atoms with E-state index in [1.54, 1.807) is 13.2 Å². The molecule has 4 rings (SSSR count). The van der Waals surface area contributed by atoms with Crippen LogP contribution in [0.2, 0.25) is 0 Å². The highest BCUT2D eigenvalue weighted by Crippen LogP contribution is 2.28. The van der Waals surface area contributed by atoms with E-state index >= 15 is 0 Å². The van der Waals surface area contributed by atoms with E-state index in [9.17, 15) is 4.79 Å². The van der Waals surface area contributed by atoms with Crippen LogP contribution < -0.4 is 24.4 Å². The minimum atomic E-state index is -0.221. The molecule has 3 aromatic rings. The van der Waals surface area contributed by atoms with Crippen molar-refractivity contribution in [1.82, 2.24) is 5.32 Å². The average molecular weight is 517 g/mol. The smallest absolute Gasteiger partial charge is 0.281 e. The third kappa shape index (κ3) is 6.12.